The third-order valence-electron chi connectivity index (χ3n) is 5.51. The molecule has 1 aliphatic rings. The van der Waals surface area contributed by atoms with Gasteiger partial charge >= 0.3 is 0 Å². The maximum Gasteiger partial charge on any atom is 0.286 e. The first-order valence-corrected chi connectivity index (χ1v) is 10.7. The van der Waals surface area contributed by atoms with Gasteiger partial charge in [-0.3, -0.25) is 9.48 Å². The molecule has 4 aromatic rings. The highest BCUT2D eigenvalue weighted by molar-refractivity contribution is 5.75. The van der Waals surface area contributed by atoms with Gasteiger partial charge in [0, 0.05) is 18.3 Å². The Morgan fingerprint density at radius 3 is 2.56 bits per heavy atom. The van der Waals surface area contributed by atoms with E-state index in [1.54, 1.807) is 0 Å². The molecule has 5 nitrogen and oxygen atoms in total. The van der Waals surface area contributed by atoms with E-state index in [4.69, 9.17) is 0 Å². The molecule has 1 amide bonds. The molecule has 0 unspecified atom stereocenters. The molecule has 5 rings (SSSR count). The molecule has 1 aliphatic carbocycles. The van der Waals surface area contributed by atoms with Gasteiger partial charge in [-0.05, 0) is 47.7 Å². The van der Waals surface area contributed by atoms with Crippen LogP contribution in [0.2, 0.25) is 0 Å². The smallest absolute Gasteiger partial charge is 0.286 e. The molecule has 0 spiro atoms. The lowest BCUT2D eigenvalue weighted by atomic mass is 10.0. The van der Waals surface area contributed by atoms with Crippen molar-refractivity contribution in [1.29, 1.82) is 0 Å². The van der Waals surface area contributed by atoms with E-state index in [1.165, 1.54) is 16.7 Å². The summed E-state index contributed by atoms with van der Waals surface area (Å²) in [5, 5.41) is 7.60. The topological polar surface area (TPSA) is 50.8 Å². The second-order valence-electron chi connectivity index (χ2n) is 8.05. The first kappa shape index (κ1) is 21.8. The number of amides is 1. The van der Waals surface area contributed by atoms with E-state index < -0.39 is 0 Å². The number of aromatic nitrogens is 3. The van der Waals surface area contributed by atoms with Gasteiger partial charge in [-0.1, -0.05) is 48.5 Å². The van der Waals surface area contributed by atoms with Crippen LogP contribution < -0.4 is 22.3 Å². The monoisotopic (exact) mass is 444 g/mol. The number of hydrogen-bond acceptors (Lipinski definition) is 2. The number of halogens is 1. The van der Waals surface area contributed by atoms with Gasteiger partial charge in [0.15, 0.2) is 12.4 Å². The molecule has 0 atom stereocenters. The standard InChI is InChI=1S/C26H24N4O.ClH/c31-26(28-24-11-12-24)19-29-15-5-10-23(18-29)25-13-14-27-30(25)17-20-6-4-9-22(16-20)21-7-2-1-3-8-21;/h1-10,13-16,18,24H,11-12,17,19H2;1H. The third-order valence-corrected chi connectivity index (χ3v) is 5.51. The molecule has 2 aromatic heterocycles. The zero-order chi connectivity index (χ0) is 21.0. The Balaban J connectivity index is 0.00000245. The lowest BCUT2D eigenvalue weighted by Gasteiger charge is -2.09. The Bertz CT molecular complexity index is 1200. The Kier molecular flexibility index (Phi) is 6.66. The average molecular weight is 445 g/mol. The van der Waals surface area contributed by atoms with Crippen LogP contribution in [0.3, 0.4) is 0 Å². The number of rotatable bonds is 7. The van der Waals surface area contributed by atoms with Crippen LogP contribution in [0.25, 0.3) is 22.4 Å². The van der Waals surface area contributed by atoms with E-state index >= 15 is 0 Å². The van der Waals surface area contributed by atoms with Crippen molar-refractivity contribution in [1.82, 2.24) is 15.1 Å². The highest BCUT2D eigenvalue weighted by atomic mass is 35.5. The molecule has 2 aromatic carbocycles. The molecule has 32 heavy (non-hydrogen) atoms. The van der Waals surface area contributed by atoms with E-state index in [0.29, 0.717) is 19.1 Å². The van der Waals surface area contributed by atoms with Crippen LogP contribution in [0.5, 0.6) is 0 Å². The van der Waals surface area contributed by atoms with E-state index in [-0.39, 0.29) is 18.3 Å². The van der Waals surface area contributed by atoms with Gasteiger partial charge in [-0.15, -0.1) is 0 Å². The number of nitrogens with zero attached hydrogens (tertiary/aromatic N) is 3. The van der Waals surface area contributed by atoms with Gasteiger partial charge in [0.1, 0.15) is 0 Å². The maximum atomic E-state index is 12.2. The molecule has 1 saturated carbocycles. The number of carbonyl (C=O) groups is 1. The zero-order valence-electron chi connectivity index (χ0n) is 17.7. The van der Waals surface area contributed by atoms with E-state index in [9.17, 15) is 4.79 Å². The zero-order valence-corrected chi connectivity index (χ0v) is 18.4. The fourth-order valence-corrected chi connectivity index (χ4v) is 3.80. The van der Waals surface area contributed by atoms with Crippen molar-refractivity contribution in [2.45, 2.75) is 32.0 Å². The van der Waals surface area contributed by atoms with Crippen molar-refractivity contribution in [3.8, 4) is 22.4 Å². The average Bonchev–Trinajstić information content (AvgIpc) is 3.49. The van der Waals surface area contributed by atoms with Crippen LogP contribution in [-0.2, 0) is 17.9 Å². The van der Waals surface area contributed by atoms with Crippen molar-refractivity contribution >= 4 is 5.91 Å². The summed E-state index contributed by atoms with van der Waals surface area (Å²) in [5.41, 5.74) is 5.67. The number of nitrogens with one attached hydrogen (secondary N) is 1. The fraction of sp³-hybridized carbons (Fsp3) is 0.192. The molecule has 0 radical (unpaired) electrons. The second kappa shape index (κ2) is 9.79. The van der Waals surface area contributed by atoms with Crippen molar-refractivity contribution in [3.63, 3.8) is 0 Å². The van der Waals surface area contributed by atoms with Crippen LogP contribution >= 0.6 is 0 Å². The first-order chi connectivity index (χ1) is 15.2. The van der Waals surface area contributed by atoms with Crippen molar-refractivity contribution < 1.29 is 21.8 Å². The van der Waals surface area contributed by atoms with Gasteiger partial charge in [0.2, 0.25) is 6.54 Å². The third kappa shape index (κ3) is 5.24. The molecule has 2 heterocycles. The van der Waals surface area contributed by atoms with Gasteiger partial charge in [0.25, 0.3) is 5.91 Å². The lowest BCUT2D eigenvalue weighted by molar-refractivity contribution is -0.684. The highest BCUT2D eigenvalue weighted by Gasteiger charge is 2.24. The quantitative estimate of drug-likeness (QED) is 0.429. The maximum absolute atomic E-state index is 12.2. The Morgan fingerprint density at radius 1 is 0.969 bits per heavy atom. The van der Waals surface area contributed by atoms with Crippen molar-refractivity contribution in [2.24, 2.45) is 0 Å². The minimum absolute atomic E-state index is 0. The Labute approximate surface area is 194 Å². The highest BCUT2D eigenvalue weighted by Crippen LogP contribution is 2.22. The van der Waals surface area contributed by atoms with Crippen LogP contribution in [0, 0.1) is 0 Å². The molecular weight excluding hydrogens is 420 g/mol. The number of carbonyl (C=O) groups excluding carboxylic acids is 1. The summed E-state index contributed by atoms with van der Waals surface area (Å²) in [6.07, 6.45) is 7.97. The molecule has 0 bridgehead atoms. The first-order valence-electron chi connectivity index (χ1n) is 10.7. The van der Waals surface area contributed by atoms with Gasteiger partial charge in [0.05, 0.1) is 17.8 Å². The predicted molar refractivity (Wildman–Crippen MR) is 120 cm³/mol. The number of pyridine rings is 1. The summed E-state index contributed by atoms with van der Waals surface area (Å²) < 4.78 is 3.94. The molecule has 1 fully saturated rings. The lowest BCUT2D eigenvalue weighted by Crippen LogP contribution is -3.00. The van der Waals surface area contributed by atoms with Crippen molar-refractivity contribution in [3.05, 3.63) is 97.0 Å². The van der Waals surface area contributed by atoms with E-state index in [2.05, 4.69) is 65.0 Å². The summed E-state index contributed by atoms with van der Waals surface area (Å²) in [6, 6.07) is 25.4. The minimum Gasteiger partial charge on any atom is -1.00 e. The second-order valence-corrected chi connectivity index (χ2v) is 8.05. The molecule has 162 valence electrons. The van der Waals surface area contributed by atoms with Crippen LogP contribution in [0.1, 0.15) is 18.4 Å². The SMILES string of the molecule is O=C(C[n+]1cccc(-c2ccnn2Cc2cccc(-c3ccccc3)c2)c1)NC1CC1.[Cl-]. The van der Waals surface area contributed by atoms with Crippen LogP contribution in [0.4, 0.5) is 0 Å². The van der Waals surface area contributed by atoms with Crippen molar-refractivity contribution in [2.75, 3.05) is 0 Å². The summed E-state index contributed by atoms with van der Waals surface area (Å²) >= 11 is 0. The van der Waals surface area contributed by atoms with Gasteiger partial charge < -0.3 is 17.7 Å². The molecule has 0 aliphatic heterocycles. The van der Waals surface area contributed by atoms with E-state index in [1.807, 2.05) is 46.0 Å². The van der Waals surface area contributed by atoms with Gasteiger partial charge in [-0.2, -0.15) is 9.67 Å². The summed E-state index contributed by atoms with van der Waals surface area (Å²) in [5.74, 6) is 0.0656. The Morgan fingerprint density at radius 2 is 1.75 bits per heavy atom. The largest absolute Gasteiger partial charge is 1.00 e. The summed E-state index contributed by atoms with van der Waals surface area (Å²) in [6.45, 7) is 1.01. The normalized spacial score (nSPS) is 12.8. The molecule has 6 heteroatoms. The number of hydrogen-bond donors (Lipinski definition) is 1. The molecular formula is C26H25ClN4O. The predicted octanol–water partition coefficient (Wildman–Crippen LogP) is 0.836. The number of benzene rings is 2. The molecule has 1 N–H and O–H groups in total. The summed E-state index contributed by atoms with van der Waals surface area (Å²) in [4.78, 5) is 12.2. The molecule has 0 saturated heterocycles. The van der Waals surface area contributed by atoms with E-state index in [0.717, 1.165) is 24.1 Å². The van der Waals surface area contributed by atoms with Crippen LogP contribution in [0.15, 0.2) is 91.4 Å². The minimum atomic E-state index is 0. The Hall–Kier alpha value is -3.44. The summed E-state index contributed by atoms with van der Waals surface area (Å²) in [7, 11) is 0. The van der Waals surface area contributed by atoms with Gasteiger partial charge in [-0.25, -0.2) is 0 Å². The fourth-order valence-electron chi connectivity index (χ4n) is 3.80. The van der Waals surface area contributed by atoms with Crippen LogP contribution in [-0.4, -0.2) is 21.7 Å².